The fourth-order valence-electron chi connectivity index (χ4n) is 2.50. The Balaban J connectivity index is 1.79. The molecule has 19 heavy (non-hydrogen) atoms. The molecule has 0 aromatic heterocycles. The lowest BCUT2D eigenvalue weighted by molar-refractivity contribution is 0.226. The molecule has 0 atom stereocenters. The van der Waals surface area contributed by atoms with Gasteiger partial charge in [-0.2, -0.15) is 0 Å². The van der Waals surface area contributed by atoms with Crippen LogP contribution < -0.4 is 5.32 Å². The van der Waals surface area contributed by atoms with Crippen LogP contribution in [0.3, 0.4) is 0 Å². The van der Waals surface area contributed by atoms with Gasteiger partial charge in [0, 0.05) is 26.2 Å². The molecule has 106 valence electrons. The molecule has 1 aliphatic heterocycles. The largest absolute Gasteiger partial charge is 0.316 e. The molecule has 0 unspecified atom stereocenters. The van der Waals surface area contributed by atoms with Crippen LogP contribution in [-0.2, 0) is 11.8 Å². The van der Waals surface area contributed by atoms with Gasteiger partial charge in [0.15, 0.2) is 0 Å². The summed E-state index contributed by atoms with van der Waals surface area (Å²) in [6.45, 7) is 11.6. The topological polar surface area (TPSA) is 15.3 Å². The first-order chi connectivity index (χ1) is 8.95. The van der Waals surface area contributed by atoms with Gasteiger partial charge in [-0.3, -0.25) is 0 Å². The molecule has 1 aliphatic rings. The summed E-state index contributed by atoms with van der Waals surface area (Å²) in [5.41, 5.74) is 3.13. The van der Waals surface area contributed by atoms with E-state index in [4.69, 9.17) is 0 Å². The van der Waals surface area contributed by atoms with Crippen LogP contribution in [0.2, 0.25) is 0 Å². The van der Waals surface area contributed by atoms with Gasteiger partial charge in [0.2, 0.25) is 0 Å². The predicted octanol–water partition coefficient (Wildman–Crippen LogP) is 2.68. The first-order valence-electron chi connectivity index (χ1n) is 7.44. The minimum Gasteiger partial charge on any atom is -0.316 e. The van der Waals surface area contributed by atoms with E-state index in [1.165, 1.54) is 30.8 Å². The molecule has 0 aliphatic carbocycles. The molecule has 0 amide bonds. The van der Waals surface area contributed by atoms with E-state index in [9.17, 15) is 0 Å². The van der Waals surface area contributed by atoms with Crippen molar-refractivity contribution in [3.63, 3.8) is 0 Å². The minimum absolute atomic E-state index is 0.256. The van der Waals surface area contributed by atoms with Crippen LogP contribution >= 0.6 is 0 Å². The molecule has 2 rings (SSSR count). The van der Waals surface area contributed by atoms with Crippen molar-refractivity contribution >= 4 is 0 Å². The summed E-state index contributed by atoms with van der Waals surface area (Å²) in [6, 6.07) is 9.15. The molecule has 1 aromatic carbocycles. The zero-order chi connectivity index (χ0) is 13.9. The Labute approximate surface area is 118 Å². The van der Waals surface area contributed by atoms with E-state index in [0.717, 1.165) is 18.9 Å². The van der Waals surface area contributed by atoms with Gasteiger partial charge < -0.3 is 10.2 Å². The van der Waals surface area contributed by atoms with Crippen LogP contribution in [0.4, 0.5) is 0 Å². The molecular formula is C17H28N2. The van der Waals surface area contributed by atoms with Crippen molar-refractivity contribution in [1.29, 1.82) is 0 Å². The zero-order valence-corrected chi connectivity index (χ0v) is 12.9. The highest BCUT2D eigenvalue weighted by Gasteiger charge is 2.18. The third kappa shape index (κ3) is 4.32. The van der Waals surface area contributed by atoms with Crippen molar-refractivity contribution in [2.75, 3.05) is 33.2 Å². The van der Waals surface area contributed by atoms with Crippen molar-refractivity contribution in [3.05, 3.63) is 35.4 Å². The second-order valence-electron chi connectivity index (χ2n) is 6.98. The maximum atomic E-state index is 3.33. The Hall–Kier alpha value is -0.860. The summed E-state index contributed by atoms with van der Waals surface area (Å²) in [6.07, 6.45) is 1.15. The molecule has 0 spiro atoms. The summed E-state index contributed by atoms with van der Waals surface area (Å²) < 4.78 is 0. The molecule has 1 aromatic rings. The van der Waals surface area contributed by atoms with Crippen molar-refractivity contribution in [1.82, 2.24) is 10.2 Å². The van der Waals surface area contributed by atoms with E-state index in [1.807, 2.05) is 0 Å². The zero-order valence-electron chi connectivity index (χ0n) is 12.9. The summed E-state index contributed by atoms with van der Waals surface area (Å²) in [4.78, 5) is 2.46. The summed E-state index contributed by atoms with van der Waals surface area (Å²) >= 11 is 0. The molecule has 2 nitrogen and oxygen atoms in total. The van der Waals surface area contributed by atoms with Crippen molar-refractivity contribution < 1.29 is 0 Å². The Bertz CT molecular complexity index is 385. The van der Waals surface area contributed by atoms with E-state index in [1.54, 1.807) is 0 Å². The molecule has 0 saturated carbocycles. The Morgan fingerprint density at radius 3 is 2.26 bits per heavy atom. The number of nitrogens with zero attached hydrogens (tertiary/aromatic N) is 1. The first-order valence-corrected chi connectivity index (χ1v) is 7.44. The van der Waals surface area contributed by atoms with Gasteiger partial charge >= 0.3 is 0 Å². The molecule has 0 radical (unpaired) electrons. The Kier molecular flexibility index (Phi) is 4.64. The number of rotatable bonds is 5. The highest BCUT2D eigenvalue weighted by molar-refractivity contribution is 5.27. The smallest absolute Gasteiger partial charge is 0.00311 e. The molecule has 2 heteroatoms. The maximum absolute atomic E-state index is 3.33. The van der Waals surface area contributed by atoms with Crippen LogP contribution in [0.5, 0.6) is 0 Å². The van der Waals surface area contributed by atoms with Crippen LogP contribution in [0.25, 0.3) is 0 Å². The minimum atomic E-state index is 0.256. The molecule has 1 N–H and O–H groups in total. The van der Waals surface area contributed by atoms with E-state index < -0.39 is 0 Å². The van der Waals surface area contributed by atoms with E-state index >= 15 is 0 Å². The number of benzene rings is 1. The fraction of sp³-hybridized carbons (Fsp3) is 0.647. The third-order valence-electron chi connectivity index (χ3n) is 4.04. The Morgan fingerprint density at radius 1 is 1.16 bits per heavy atom. The van der Waals surface area contributed by atoms with Gasteiger partial charge in [0.1, 0.15) is 0 Å². The van der Waals surface area contributed by atoms with Gasteiger partial charge in [-0.15, -0.1) is 0 Å². The number of hydrogen-bond acceptors (Lipinski definition) is 2. The van der Waals surface area contributed by atoms with Crippen LogP contribution in [-0.4, -0.2) is 38.1 Å². The highest BCUT2D eigenvalue weighted by Crippen LogP contribution is 2.22. The normalized spacial score (nSPS) is 16.7. The van der Waals surface area contributed by atoms with Gasteiger partial charge in [-0.25, -0.2) is 0 Å². The molecular weight excluding hydrogens is 232 g/mol. The molecule has 1 saturated heterocycles. The summed E-state index contributed by atoms with van der Waals surface area (Å²) in [7, 11) is 2.24. The number of nitrogens with one attached hydrogen (secondary N) is 1. The maximum Gasteiger partial charge on any atom is 0.00311 e. The second-order valence-corrected chi connectivity index (χ2v) is 6.98. The average Bonchev–Trinajstić information content (AvgIpc) is 2.31. The van der Waals surface area contributed by atoms with Gasteiger partial charge in [-0.1, -0.05) is 45.0 Å². The van der Waals surface area contributed by atoms with Crippen LogP contribution in [0.1, 0.15) is 31.9 Å². The van der Waals surface area contributed by atoms with E-state index in [-0.39, 0.29) is 5.41 Å². The molecule has 1 heterocycles. The lowest BCUT2D eigenvalue weighted by atomic mass is 9.86. The fourth-order valence-corrected chi connectivity index (χ4v) is 2.50. The van der Waals surface area contributed by atoms with E-state index in [0.29, 0.717) is 0 Å². The Morgan fingerprint density at radius 2 is 1.79 bits per heavy atom. The second kappa shape index (κ2) is 6.06. The lowest BCUT2D eigenvalue weighted by Gasteiger charge is -2.31. The van der Waals surface area contributed by atoms with Crippen molar-refractivity contribution in [2.45, 2.75) is 32.6 Å². The SMILES string of the molecule is CN(CCc1ccc(C(C)(C)C)cc1)CC1CNC1. The molecule has 0 bridgehead atoms. The van der Waals surface area contributed by atoms with Crippen LogP contribution in [0, 0.1) is 5.92 Å². The lowest BCUT2D eigenvalue weighted by Crippen LogP contribution is -2.47. The van der Waals surface area contributed by atoms with Crippen molar-refractivity contribution in [3.8, 4) is 0 Å². The summed E-state index contributed by atoms with van der Waals surface area (Å²) in [5, 5.41) is 3.33. The van der Waals surface area contributed by atoms with Gasteiger partial charge in [0.05, 0.1) is 0 Å². The summed E-state index contributed by atoms with van der Waals surface area (Å²) in [5.74, 6) is 0.869. The third-order valence-corrected chi connectivity index (χ3v) is 4.04. The quantitative estimate of drug-likeness (QED) is 0.875. The van der Waals surface area contributed by atoms with Crippen LogP contribution in [0.15, 0.2) is 24.3 Å². The number of likely N-dealkylation sites (N-methyl/N-ethyl adjacent to an activating group) is 1. The molecule has 1 fully saturated rings. The standard InChI is InChI=1S/C17H28N2/c1-17(2,3)16-7-5-14(6-8-16)9-10-19(4)13-15-11-18-12-15/h5-8,15,18H,9-13H2,1-4H3. The van der Waals surface area contributed by atoms with Gasteiger partial charge in [0.25, 0.3) is 0 Å². The average molecular weight is 260 g/mol. The monoisotopic (exact) mass is 260 g/mol. The van der Waals surface area contributed by atoms with E-state index in [2.05, 4.69) is 62.3 Å². The highest BCUT2D eigenvalue weighted by atomic mass is 15.1. The van der Waals surface area contributed by atoms with Crippen molar-refractivity contribution in [2.24, 2.45) is 5.92 Å². The van der Waals surface area contributed by atoms with Gasteiger partial charge in [-0.05, 0) is 35.9 Å². The number of hydrogen-bond donors (Lipinski definition) is 1. The predicted molar refractivity (Wildman–Crippen MR) is 82.7 cm³/mol. The first kappa shape index (κ1) is 14.5.